The Morgan fingerprint density at radius 3 is 2.84 bits per heavy atom. The third kappa shape index (κ3) is 2.27. The van der Waals surface area contributed by atoms with E-state index in [4.69, 9.17) is 0 Å². The maximum atomic E-state index is 4.65. The molecular formula is C15H26N4. The molecule has 19 heavy (non-hydrogen) atoms. The van der Waals surface area contributed by atoms with Crippen LogP contribution < -0.4 is 10.2 Å². The third-order valence-electron chi connectivity index (χ3n) is 4.72. The Kier molecular flexibility index (Phi) is 3.52. The number of nitrogens with zero attached hydrogens (tertiary/aromatic N) is 3. The van der Waals surface area contributed by atoms with Crippen molar-refractivity contribution in [1.82, 2.24) is 15.1 Å². The molecule has 2 fully saturated rings. The number of piperidine rings is 1. The molecule has 4 nitrogen and oxygen atoms in total. The van der Waals surface area contributed by atoms with E-state index in [0.29, 0.717) is 0 Å². The van der Waals surface area contributed by atoms with Gasteiger partial charge in [-0.3, -0.25) is 4.68 Å². The van der Waals surface area contributed by atoms with Gasteiger partial charge >= 0.3 is 0 Å². The van der Waals surface area contributed by atoms with Gasteiger partial charge in [-0.1, -0.05) is 6.92 Å². The van der Waals surface area contributed by atoms with E-state index < -0.39 is 0 Å². The fourth-order valence-electron chi connectivity index (χ4n) is 3.83. The van der Waals surface area contributed by atoms with Crippen LogP contribution in [0.3, 0.4) is 0 Å². The number of hydrogen-bond donors (Lipinski definition) is 1. The van der Waals surface area contributed by atoms with E-state index in [1.807, 2.05) is 0 Å². The van der Waals surface area contributed by atoms with Crippen LogP contribution in [0.15, 0.2) is 0 Å². The Bertz CT molecular complexity index is 451. The van der Waals surface area contributed by atoms with Crippen LogP contribution >= 0.6 is 0 Å². The summed E-state index contributed by atoms with van der Waals surface area (Å²) in [5.74, 6) is 2.30. The Morgan fingerprint density at radius 2 is 2.21 bits per heavy atom. The molecule has 1 saturated heterocycles. The molecule has 1 aromatic heterocycles. The lowest BCUT2D eigenvalue weighted by Gasteiger charge is -2.30. The van der Waals surface area contributed by atoms with Crippen LogP contribution in [0.1, 0.15) is 43.9 Å². The van der Waals surface area contributed by atoms with Gasteiger partial charge in [-0.25, -0.2) is 0 Å². The van der Waals surface area contributed by atoms with Crippen LogP contribution in [-0.2, 0) is 13.6 Å². The van der Waals surface area contributed by atoms with E-state index in [9.17, 15) is 0 Å². The van der Waals surface area contributed by atoms with Gasteiger partial charge in [0.25, 0.3) is 0 Å². The van der Waals surface area contributed by atoms with Gasteiger partial charge in [-0.2, -0.15) is 5.10 Å². The predicted molar refractivity (Wildman–Crippen MR) is 78.4 cm³/mol. The van der Waals surface area contributed by atoms with E-state index in [1.54, 1.807) is 0 Å². The molecule has 0 spiro atoms. The highest BCUT2D eigenvalue weighted by Crippen LogP contribution is 2.41. The third-order valence-corrected chi connectivity index (χ3v) is 4.72. The maximum Gasteiger partial charge on any atom is 0.131 e. The number of rotatable bonds is 5. The van der Waals surface area contributed by atoms with Crippen LogP contribution in [0.4, 0.5) is 5.82 Å². The number of aromatic nitrogens is 2. The van der Waals surface area contributed by atoms with Crippen molar-refractivity contribution < 1.29 is 0 Å². The second-order valence-electron chi connectivity index (χ2n) is 6.17. The first-order valence-corrected chi connectivity index (χ1v) is 7.70. The van der Waals surface area contributed by atoms with Gasteiger partial charge in [-0.15, -0.1) is 0 Å². The van der Waals surface area contributed by atoms with Crippen molar-refractivity contribution in [3.8, 4) is 0 Å². The first-order valence-electron chi connectivity index (χ1n) is 7.70. The number of anilines is 1. The molecule has 3 rings (SSSR count). The van der Waals surface area contributed by atoms with E-state index in [2.05, 4.69) is 40.9 Å². The molecule has 1 aliphatic carbocycles. The van der Waals surface area contributed by atoms with E-state index in [1.165, 1.54) is 49.3 Å². The van der Waals surface area contributed by atoms with Crippen molar-refractivity contribution in [1.29, 1.82) is 0 Å². The summed E-state index contributed by atoms with van der Waals surface area (Å²) >= 11 is 0. The Balaban J connectivity index is 1.83. The van der Waals surface area contributed by atoms with Crippen molar-refractivity contribution in [2.75, 3.05) is 18.0 Å². The molecule has 106 valence electrons. The lowest BCUT2D eigenvalue weighted by molar-refractivity contribution is 0.539. The number of nitrogens with one attached hydrogen (secondary N) is 1. The van der Waals surface area contributed by atoms with Gasteiger partial charge < -0.3 is 10.2 Å². The minimum absolute atomic E-state index is 0.768. The summed E-state index contributed by atoms with van der Waals surface area (Å²) in [6.07, 6.45) is 5.38. The highest BCUT2D eigenvalue weighted by atomic mass is 15.4. The second-order valence-corrected chi connectivity index (χ2v) is 6.17. The molecule has 2 bridgehead atoms. The molecule has 1 aliphatic heterocycles. The fraction of sp³-hybridized carbons (Fsp3) is 0.800. The Morgan fingerprint density at radius 1 is 1.37 bits per heavy atom. The molecule has 1 saturated carbocycles. The first-order chi connectivity index (χ1) is 9.20. The van der Waals surface area contributed by atoms with Crippen LogP contribution in [0.2, 0.25) is 0 Å². The van der Waals surface area contributed by atoms with E-state index >= 15 is 0 Å². The number of fused-ring (bicyclic) bond motifs is 2. The van der Waals surface area contributed by atoms with Crippen molar-refractivity contribution in [2.45, 2.75) is 52.1 Å². The van der Waals surface area contributed by atoms with Crippen molar-refractivity contribution in [3.63, 3.8) is 0 Å². The lowest BCUT2D eigenvalue weighted by Crippen LogP contribution is -2.34. The molecule has 1 aromatic rings. The Hall–Kier alpha value is -1.03. The molecule has 2 aliphatic rings. The zero-order valence-corrected chi connectivity index (χ0v) is 12.4. The van der Waals surface area contributed by atoms with Gasteiger partial charge in [0.15, 0.2) is 0 Å². The topological polar surface area (TPSA) is 33.1 Å². The van der Waals surface area contributed by atoms with Gasteiger partial charge in [0.2, 0.25) is 0 Å². The van der Waals surface area contributed by atoms with Gasteiger partial charge in [0.05, 0.1) is 5.69 Å². The Labute approximate surface area is 116 Å². The predicted octanol–water partition coefficient (Wildman–Crippen LogP) is 2.22. The molecule has 0 amide bonds. The first kappa shape index (κ1) is 13.0. The maximum absolute atomic E-state index is 4.65. The lowest BCUT2D eigenvalue weighted by atomic mass is 10.1. The summed E-state index contributed by atoms with van der Waals surface area (Å²) in [5.41, 5.74) is 2.59. The standard InChI is InChI=1S/C15H26N4/c1-4-7-16-9-14-11(2)17-18(3)15(14)19-10-12-5-6-13(19)8-12/h12-13,16H,4-10H2,1-3H3. The molecule has 2 atom stereocenters. The molecular weight excluding hydrogens is 236 g/mol. The summed E-state index contributed by atoms with van der Waals surface area (Å²) in [5, 5.41) is 8.19. The summed E-state index contributed by atoms with van der Waals surface area (Å²) in [6, 6.07) is 0.768. The van der Waals surface area contributed by atoms with Gasteiger partial charge in [0, 0.05) is 31.7 Å². The normalized spacial score (nSPS) is 25.5. The summed E-state index contributed by atoms with van der Waals surface area (Å²) in [4.78, 5) is 2.62. The minimum atomic E-state index is 0.768. The highest BCUT2D eigenvalue weighted by Gasteiger charge is 2.39. The fourth-order valence-corrected chi connectivity index (χ4v) is 3.83. The number of hydrogen-bond acceptors (Lipinski definition) is 3. The quantitative estimate of drug-likeness (QED) is 0.826. The van der Waals surface area contributed by atoms with Crippen LogP contribution in [0.5, 0.6) is 0 Å². The monoisotopic (exact) mass is 262 g/mol. The van der Waals surface area contributed by atoms with Gasteiger partial charge in [0.1, 0.15) is 5.82 Å². The van der Waals surface area contributed by atoms with Crippen molar-refractivity contribution >= 4 is 5.82 Å². The van der Waals surface area contributed by atoms with E-state index in [0.717, 1.165) is 25.0 Å². The van der Waals surface area contributed by atoms with Gasteiger partial charge in [-0.05, 0) is 45.1 Å². The second kappa shape index (κ2) is 5.16. The molecule has 2 heterocycles. The summed E-state index contributed by atoms with van der Waals surface area (Å²) in [7, 11) is 2.09. The molecule has 0 radical (unpaired) electrons. The largest absolute Gasteiger partial charge is 0.353 e. The van der Waals surface area contributed by atoms with Crippen molar-refractivity contribution in [3.05, 3.63) is 11.3 Å². The SMILES string of the molecule is CCCNCc1c(C)nn(C)c1N1CC2CCC1C2. The van der Waals surface area contributed by atoms with E-state index in [-0.39, 0.29) is 0 Å². The zero-order chi connectivity index (χ0) is 13.4. The minimum Gasteiger partial charge on any atom is -0.353 e. The van der Waals surface area contributed by atoms with Crippen LogP contribution in [-0.4, -0.2) is 28.9 Å². The average Bonchev–Trinajstić information content (AvgIpc) is 3.05. The summed E-state index contributed by atoms with van der Waals surface area (Å²) in [6.45, 7) is 7.63. The van der Waals surface area contributed by atoms with Crippen LogP contribution in [0.25, 0.3) is 0 Å². The average molecular weight is 262 g/mol. The smallest absolute Gasteiger partial charge is 0.131 e. The highest BCUT2D eigenvalue weighted by molar-refractivity contribution is 5.52. The summed E-state index contributed by atoms with van der Waals surface area (Å²) < 4.78 is 2.10. The molecule has 0 aromatic carbocycles. The number of aryl methyl sites for hydroxylation is 2. The molecule has 2 unspecified atom stereocenters. The van der Waals surface area contributed by atoms with Crippen LogP contribution in [0, 0.1) is 12.8 Å². The molecule has 4 heteroatoms. The zero-order valence-electron chi connectivity index (χ0n) is 12.4. The van der Waals surface area contributed by atoms with Crippen molar-refractivity contribution in [2.24, 2.45) is 13.0 Å². The molecule has 1 N–H and O–H groups in total.